The van der Waals surface area contributed by atoms with E-state index >= 15 is 0 Å². The molecule has 0 saturated carbocycles. The molecule has 1 aliphatic rings. The van der Waals surface area contributed by atoms with Crippen LogP contribution in [0, 0.1) is 0 Å². The Hall–Kier alpha value is -1.76. The van der Waals surface area contributed by atoms with Crippen molar-refractivity contribution in [3.8, 4) is 0 Å². The SMILES string of the molecule is CCN1C(=O)CC[C@H]1C(=O)NCc1ccc(Cl)c(C(F)(F)F)c1. The third-order valence-corrected chi connectivity index (χ3v) is 4.10. The molecule has 8 heteroatoms. The number of rotatable bonds is 4. The van der Waals surface area contributed by atoms with Crippen molar-refractivity contribution in [3.05, 3.63) is 34.3 Å². The van der Waals surface area contributed by atoms with Crippen LogP contribution in [0.15, 0.2) is 18.2 Å². The first-order valence-corrected chi connectivity index (χ1v) is 7.54. The van der Waals surface area contributed by atoms with Gasteiger partial charge in [-0.1, -0.05) is 17.7 Å². The average Bonchev–Trinajstić information content (AvgIpc) is 2.85. The minimum atomic E-state index is -4.55. The minimum absolute atomic E-state index is 0.0542. The van der Waals surface area contributed by atoms with Gasteiger partial charge < -0.3 is 10.2 Å². The molecular formula is C15H16ClF3N2O2. The van der Waals surface area contributed by atoms with Gasteiger partial charge >= 0.3 is 6.18 Å². The number of amides is 2. The van der Waals surface area contributed by atoms with Gasteiger partial charge in [0.05, 0.1) is 10.6 Å². The van der Waals surface area contributed by atoms with Crippen LogP contribution in [0.2, 0.25) is 5.02 Å². The smallest absolute Gasteiger partial charge is 0.350 e. The summed E-state index contributed by atoms with van der Waals surface area (Å²) < 4.78 is 38.4. The Balaban J connectivity index is 2.04. The summed E-state index contributed by atoms with van der Waals surface area (Å²) in [6, 6.07) is 2.94. The van der Waals surface area contributed by atoms with Crippen LogP contribution in [0.4, 0.5) is 13.2 Å². The lowest BCUT2D eigenvalue weighted by molar-refractivity contribution is -0.137. The van der Waals surface area contributed by atoms with Gasteiger partial charge in [-0.25, -0.2) is 0 Å². The van der Waals surface area contributed by atoms with Crippen molar-refractivity contribution >= 4 is 23.4 Å². The van der Waals surface area contributed by atoms with Crippen molar-refractivity contribution in [2.24, 2.45) is 0 Å². The molecule has 126 valence electrons. The topological polar surface area (TPSA) is 49.4 Å². The van der Waals surface area contributed by atoms with E-state index in [1.165, 1.54) is 11.0 Å². The molecule has 23 heavy (non-hydrogen) atoms. The lowest BCUT2D eigenvalue weighted by Crippen LogP contribution is -2.44. The molecule has 0 radical (unpaired) electrons. The molecule has 1 heterocycles. The molecule has 0 aromatic heterocycles. The number of hydrogen-bond acceptors (Lipinski definition) is 2. The van der Waals surface area contributed by atoms with Crippen molar-refractivity contribution < 1.29 is 22.8 Å². The predicted octanol–water partition coefficient (Wildman–Crippen LogP) is 2.99. The summed E-state index contributed by atoms with van der Waals surface area (Å²) in [7, 11) is 0. The Morgan fingerprint density at radius 3 is 2.74 bits per heavy atom. The summed E-state index contributed by atoms with van der Waals surface area (Å²) in [5.41, 5.74) is -0.639. The summed E-state index contributed by atoms with van der Waals surface area (Å²) in [5.74, 6) is -0.445. The fourth-order valence-electron chi connectivity index (χ4n) is 2.61. The van der Waals surface area contributed by atoms with Gasteiger partial charge in [0.2, 0.25) is 11.8 Å². The second-order valence-corrected chi connectivity index (χ2v) is 5.67. The zero-order valence-corrected chi connectivity index (χ0v) is 13.2. The second-order valence-electron chi connectivity index (χ2n) is 5.26. The van der Waals surface area contributed by atoms with Gasteiger partial charge in [0.1, 0.15) is 6.04 Å². The molecule has 2 rings (SSSR count). The van der Waals surface area contributed by atoms with E-state index in [1.54, 1.807) is 6.92 Å². The first kappa shape index (κ1) is 17.6. The molecular weight excluding hydrogens is 333 g/mol. The molecule has 0 unspecified atom stereocenters. The molecule has 0 spiro atoms. The summed E-state index contributed by atoms with van der Waals surface area (Å²) in [5, 5.41) is 2.20. The van der Waals surface area contributed by atoms with Crippen molar-refractivity contribution in [3.63, 3.8) is 0 Å². The maximum atomic E-state index is 12.8. The maximum absolute atomic E-state index is 12.8. The van der Waals surface area contributed by atoms with Gasteiger partial charge in [0.15, 0.2) is 0 Å². The van der Waals surface area contributed by atoms with Crippen molar-refractivity contribution in [2.45, 2.75) is 38.5 Å². The molecule has 2 amide bonds. The van der Waals surface area contributed by atoms with Crippen molar-refractivity contribution in [1.29, 1.82) is 0 Å². The van der Waals surface area contributed by atoms with E-state index < -0.39 is 17.8 Å². The highest BCUT2D eigenvalue weighted by Crippen LogP contribution is 2.35. The Bertz CT molecular complexity index is 619. The lowest BCUT2D eigenvalue weighted by atomic mass is 10.1. The van der Waals surface area contributed by atoms with E-state index in [-0.39, 0.29) is 23.4 Å². The van der Waals surface area contributed by atoms with Gasteiger partial charge in [-0.2, -0.15) is 13.2 Å². The number of nitrogens with zero attached hydrogens (tertiary/aromatic N) is 1. The van der Waals surface area contributed by atoms with Crippen LogP contribution in [0.1, 0.15) is 30.9 Å². The van der Waals surface area contributed by atoms with Gasteiger partial charge in [0, 0.05) is 19.5 Å². The summed E-state index contributed by atoms with van der Waals surface area (Å²) in [4.78, 5) is 25.2. The van der Waals surface area contributed by atoms with Gasteiger partial charge in [-0.15, -0.1) is 0 Å². The Morgan fingerprint density at radius 2 is 2.13 bits per heavy atom. The van der Waals surface area contributed by atoms with Crippen LogP contribution in [-0.2, 0) is 22.3 Å². The minimum Gasteiger partial charge on any atom is -0.350 e. The van der Waals surface area contributed by atoms with Crippen molar-refractivity contribution in [1.82, 2.24) is 10.2 Å². The number of carbonyl (C=O) groups is 2. The fraction of sp³-hybridized carbons (Fsp3) is 0.467. The van der Waals surface area contributed by atoms with Gasteiger partial charge in [-0.05, 0) is 31.0 Å². The molecule has 1 aromatic carbocycles. The first-order valence-electron chi connectivity index (χ1n) is 7.16. The van der Waals surface area contributed by atoms with Gasteiger partial charge in [0.25, 0.3) is 0 Å². The Kier molecular flexibility index (Phi) is 5.19. The van der Waals surface area contributed by atoms with Crippen LogP contribution >= 0.6 is 11.6 Å². The number of nitrogens with one attached hydrogen (secondary N) is 1. The van der Waals surface area contributed by atoms with Crippen LogP contribution in [0.5, 0.6) is 0 Å². The van der Waals surface area contributed by atoms with Crippen LogP contribution in [0.3, 0.4) is 0 Å². The highest BCUT2D eigenvalue weighted by molar-refractivity contribution is 6.31. The van der Waals surface area contributed by atoms with E-state index in [1.807, 2.05) is 0 Å². The fourth-order valence-corrected chi connectivity index (χ4v) is 2.83. The number of likely N-dealkylation sites (N-methyl/N-ethyl adjacent to an activating group) is 1. The maximum Gasteiger partial charge on any atom is 0.417 e. The number of halogens is 4. The Morgan fingerprint density at radius 1 is 1.43 bits per heavy atom. The number of benzene rings is 1. The summed E-state index contributed by atoms with van der Waals surface area (Å²) >= 11 is 5.55. The van der Waals surface area contributed by atoms with Crippen LogP contribution in [0.25, 0.3) is 0 Å². The molecule has 1 N–H and O–H groups in total. The normalized spacial score (nSPS) is 18.4. The summed E-state index contributed by atoms with van der Waals surface area (Å²) in [6.45, 7) is 2.15. The average molecular weight is 349 g/mol. The first-order chi connectivity index (χ1) is 10.7. The van der Waals surface area contributed by atoms with Gasteiger partial charge in [-0.3, -0.25) is 9.59 Å². The highest BCUT2D eigenvalue weighted by atomic mass is 35.5. The molecule has 1 fully saturated rings. The predicted molar refractivity (Wildman–Crippen MR) is 78.7 cm³/mol. The largest absolute Gasteiger partial charge is 0.417 e. The third-order valence-electron chi connectivity index (χ3n) is 3.77. The molecule has 0 bridgehead atoms. The van der Waals surface area contributed by atoms with E-state index in [9.17, 15) is 22.8 Å². The highest BCUT2D eigenvalue weighted by Gasteiger charge is 2.35. The van der Waals surface area contributed by atoms with E-state index in [0.717, 1.165) is 12.1 Å². The molecule has 1 saturated heterocycles. The zero-order valence-electron chi connectivity index (χ0n) is 12.4. The van der Waals surface area contributed by atoms with Crippen molar-refractivity contribution in [2.75, 3.05) is 6.54 Å². The quantitative estimate of drug-likeness (QED) is 0.909. The second kappa shape index (κ2) is 6.78. The molecule has 1 aliphatic heterocycles. The monoisotopic (exact) mass is 348 g/mol. The summed E-state index contributed by atoms with van der Waals surface area (Å²) in [6.07, 6.45) is -3.81. The standard InChI is InChI=1S/C15H16ClF3N2O2/c1-2-21-12(5-6-13(21)22)14(23)20-8-9-3-4-11(16)10(7-9)15(17,18)19/h3-4,7,12H,2,5-6,8H2,1H3,(H,20,23)/t12-/m0/s1. The number of alkyl halides is 3. The zero-order chi connectivity index (χ0) is 17.2. The number of carbonyl (C=O) groups excluding carboxylic acids is 2. The Labute approximate surface area is 136 Å². The van der Waals surface area contributed by atoms with E-state index in [2.05, 4.69) is 5.32 Å². The van der Waals surface area contributed by atoms with E-state index in [0.29, 0.717) is 24.9 Å². The number of likely N-dealkylation sites (tertiary alicyclic amines) is 1. The third kappa shape index (κ3) is 3.96. The number of hydrogen-bond donors (Lipinski definition) is 1. The molecule has 1 atom stereocenters. The molecule has 4 nitrogen and oxygen atoms in total. The molecule has 1 aromatic rings. The molecule has 0 aliphatic carbocycles. The van der Waals surface area contributed by atoms with Crippen LogP contribution in [-0.4, -0.2) is 29.3 Å². The van der Waals surface area contributed by atoms with E-state index in [4.69, 9.17) is 11.6 Å². The van der Waals surface area contributed by atoms with Crippen LogP contribution < -0.4 is 5.32 Å². The lowest BCUT2D eigenvalue weighted by Gasteiger charge is -2.22.